The molecule has 0 aliphatic heterocycles. The number of aliphatic hydroxyl groups excluding tert-OH is 1. The molecule has 0 saturated heterocycles. The summed E-state index contributed by atoms with van der Waals surface area (Å²) in [4.78, 5) is 4.81. The van der Waals surface area contributed by atoms with Gasteiger partial charge >= 0.3 is 0 Å². The number of hydrogen-bond donors (Lipinski definition) is 1. The van der Waals surface area contributed by atoms with Gasteiger partial charge in [0.1, 0.15) is 0 Å². The molecular formula is C13H28N2O. The highest BCUT2D eigenvalue weighted by molar-refractivity contribution is 4.84. The minimum absolute atomic E-state index is 0.284. The van der Waals surface area contributed by atoms with Gasteiger partial charge in [-0.15, -0.1) is 0 Å². The fraction of sp³-hybridized carbons (Fsp3) is 1.00. The van der Waals surface area contributed by atoms with E-state index in [0.29, 0.717) is 12.1 Å². The molecule has 0 unspecified atom stereocenters. The highest BCUT2D eigenvalue weighted by Crippen LogP contribution is 2.26. The molecule has 0 bridgehead atoms. The Kier molecular flexibility index (Phi) is 5.73. The van der Waals surface area contributed by atoms with E-state index in [4.69, 9.17) is 5.11 Å². The van der Waals surface area contributed by atoms with Crippen LogP contribution in [0, 0.1) is 0 Å². The van der Waals surface area contributed by atoms with Crippen LogP contribution in [0.1, 0.15) is 39.5 Å². The maximum absolute atomic E-state index is 9.11. The first-order chi connectivity index (χ1) is 7.56. The molecule has 0 aromatic rings. The molecule has 0 aromatic heterocycles. The number of hydrogen-bond acceptors (Lipinski definition) is 3. The normalized spacial score (nSPS) is 27.0. The van der Waals surface area contributed by atoms with Gasteiger partial charge in [0.25, 0.3) is 0 Å². The maximum atomic E-state index is 9.11. The van der Waals surface area contributed by atoms with Crippen LogP contribution in [0.25, 0.3) is 0 Å². The van der Waals surface area contributed by atoms with Crippen molar-refractivity contribution in [3.63, 3.8) is 0 Å². The first kappa shape index (κ1) is 13.9. The molecule has 1 aliphatic carbocycles. The Balaban J connectivity index is 2.44. The number of rotatable bonds is 5. The third-order valence-electron chi connectivity index (χ3n) is 3.89. The second-order valence-corrected chi connectivity index (χ2v) is 5.48. The van der Waals surface area contributed by atoms with Crippen LogP contribution in [-0.2, 0) is 0 Å². The molecule has 1 rings (SSSR count). The number of nitrogens with zero attached hydrogens (tertiary/aromatic N) is 2. The van der Waals surface area contributed by atoms with Gasteiger partial charge in [-0.1, -0.05) is 0 Å². The van der Waals surface area contributed by atoms with Crippen LogP contribution in [0.4, 0.5) is 0 Å². The van der Waals surface area contributed by atoms with Crippen molar-refractivity contribution in [3.8, 4) is 0 Å². The first-order valence-corrected chi connectivity index (χ1v) is 6.59. The molecule has 1 saturated carbocycles. The maximum Gasteiger partial charge on any atom is 0.0558 e. The minimum atomic E-state index is 0.284. The van der Waals surface area contributed by atoms with E-state index in [-0.39, 0.29) is 6.61 Å². The van der Waals surface area contributed by atoms with Gasteiger partial charge in [0.15, 0.2) is 0 Å². The third-order valence-corrected chi connectivity index (χ3v) is 3.89. The zero-order valence-electron chi connectivity index (χ0n) is 11.3. The van der Waals surface area contributed by atoms with Crippen molar-refractivity contribution in [1.82, 2.24) is 9.80 Å². The van der Waals surface area contributed by atoms with Crippen molar-refractivity contribution in [1.29, 1.82) is 0 Å². The third kappa shape index (κ3) is 3.72. The zero-order chi connectivity index (χ0) is 12.1. The summed E-state index contributed by atoms with van der Waals surface area (Å²) in [6, 6.07) is 2.00. The van der Waals surface area contributed by atoms with Crippen LogP contribution in [-0.4, -0.2) is 60.3 Å². The fourth-order valence-electron chi connectivity index (χ4n) is 2.88. The second-order valence-electron chi connectivity index (χ2n) is 5.48. The zero-order valence-corrected chi connectivity index (χ0v) is 11.3. The predicted molar refractivity (Wildman–Crippen MR) is 68.7 cm³/mol. The van der Waals surface area contributed by atoms with E-state index < -0.39 is 0 Å². The molecule has 0 atom stereocenters. The molecule has 96 valence electrons. The average Bonchev–Trinajstić information content (AvgIpc) is 2.25. The van der Waals surface area contributed by atoms with Crippen molar-refractivity contribution in [2.24, 2.45) is 0 Å². The minimum Gasteiger partial charge on any atom is -0.395 e. The summed E-state index contributed by atoms with van der Waals surface area (Å²) in [5, 5.41) is 9.11. The Morgan fingerprint density at radius 3 is 1.94 bits per heavy atom. The lowest BCUT2D eigenvalue weighted by molar-refractivity contribution is 0.0751. The molecule has 0 spiro atoms. The molecular weight excluding hydrogens is 200 g/mol. The summed E-state index contributed by atoms with van der Waals surface area (Å²) >= 11 is 0. The van der Waals surface area contributed by atoms with Crippen molar-refractivity contribution < 1.29 is 5.11 Å². The van der Waals surface area contributed by atoms with Gasteiger partial charge in [0.05, 0.1) is 6.61 Å². The summed E-state index contributed by atoms with van der Waals surface area (Å²) in [5.41, 5.74) is 0. The van der Waals surface area contributed by atoms with Gasteiger partial charge < -0.3 is 10.0 Å². The Bertz CT molecular complexity index is 186. The van der Waals surface area contributed by atoms with E-state index in [1.165, 1.54) is 25.7 Å². The van der Waals surface area contributed by atoms with Crippen molar-refractivity contribution in [2.75, 3.05) is 27.2 Å². The standard InChI is InChI=1S/C13H28N2O/c1-11(2)15(9-10-16)13-7-5-12(6-8-13)14(3)4/h11-13,16H,5-10H2,1-4H3. The molecule has 0 aromatic carbocycles. The lowest BCUT2D eigenvalue weighted by atomic mass is 9.89. The summed E-state index contributed by atoms with van der Waals surface area (Å²) in [6.07, 6.45) is 5.15. The van der Waals surface area contributed by atoms with Crippen LogP contribution >= 0.6 is 0 Å². The first-order valence-electron chi connectivity index (χ1n) is 6.59. The van der Waals surface area contributed by atoms with Gasteiger partial charge in [0.2, 0.25) is 0 Å². The molecule has 0 radical (unpaired) electrons. The molecule has 16 heavy (non-hydrogen) atoms. The molecule has 1 aliphatic rings. The predicted octanol–water partition coefficient (Wildman–Crippen LogP) is 1.56. The van der Waals surface area contributed by atoms with Crippen LogP contribution in [0.3, 0.4) is 0 Å². The Labute approximate surface area is 100 Å². The molecule has 3 nitrogen and oxygen atoms in total. The van der Waals surface area contributed by atoms with Crippen molar-refractivity contribution >= 4 is 0 Å². The quantitative estimate of drug-likeness (QED) is 0.773. The van der Waals surface area contributed by atoms with Gasteiger partial charge in [-0.05, 0) is 53.6 Å². The van der Waals surface area contributed by atoms with E-state index >= 15 is 0 Å². The van der Waals surface area contributed by atoms with Crippen molar-refractivity contribution in [3.05, 3.63) is 0 Å². The SMILES string of the molecule is CC(C)N(CCO)C1CCC(N(C)C)CC1. The van der Waals surface area contributed by atoms with E-state index in [0.717, 1.165) is 12.6 Å². The van der Waals surface area contributed by atoms with Crippen LogP contribution in [0.15, 0.2) is 0 Å². The number of aliphatic hydroxyl groups is 1. The summed E-state index contributed by atoms with van der Waals surface area (Å²) in [5.74, 6) is 0. The van der Waals surface area contributed by atoms with E-state index in [2.05, 4.69) is 37.7 Å². The summed E-state index contributed by atoms with van der Waals surface area (Å²) in [6.45, 7) is 5.57. The smallest absolute Gasteiger partial charge is 0.0558 e. The largest absolute Gasteiger partial charge is 0.395 e. The highest BCUT2D eigenvalue weighted by atomic mass is 16.3. The van der Waals surface area contributed by atoms with Gasteiger partial charge in [-0.3, -0.25) is 4.90 Å². The Hall–Kier alpha value is -0.120. The lowest BCUT2D eigenvalue weighted by Gasteiger charge is -2.40. The van der Waals surface area contributed by atoms with Crippen LogP contribution < -0.4 is 0 Å². The monoisotopic (exact) mass is 228 g/mol. The molecule has 1 fully saturated rings. The molecule has 0 heterocycles. The topological polar surface area (TPSA) is 26.7 Å². The second kappa shape index (κ2) is 6.58. The van der Waals surface area contributed by atoms with Gasteiger partial charge in [-0.2, -0.15) is 0 Å². The van der Waals surface area contributed by atoms with Gasteiger partial charge in [0, 0.05) is 24.7 Å². The van der Waals surface area contributed by atoms with Crippen LogP contribution in [0.5, 0.6) is 0 Å². The van der Waals surface area contributed by atoms with Crippen LogP contribution in [0.2, 0.25) is 0 Å². The highest BCUT2D eigenvalue weighted by Gasteiger charge is 2.27. The summed E-state index contributed by atoms with van der Waals surface area (Å²) < 4.78 is 0. The lowest BCUT2D eigenvalue weighted by Crippen LogP contribution is -2.46. The van der Waals surface area contributed by atoms with Gasteiger partial charge in [-0.25, -0.2) is 0 Å². The van der Waals surface area contributed by atoms with E-state index in [1.807, 2.05) is 0 Å². The molecule has 0 amide bonds. The Morgan fingerprint density at radius 2 is 1.56 bits per heavy atom. The molecule has 3 heteroatoms. The van der Waals surface area contributed by atoms with E-state index in [9.17, 15) is 0 Å². The molecule has 1 N–H and O–H groups in total. The Morgan fingerprint density at radius 1 is 1.06 bits per heavy atom. The fourth-order valence-corrected chi connectivity index (χ4v) is 2.88. The summed E-state index contributed by atoms with van der Waals surface area (Å²) in [7, 11) is 4.36. The average molecular weight is 228 g/mol. The van der Waals surface area contributed by atoms with Crippen molar-refractivity contribution in [2.45, 2.75) is 57.7 Å². The van der Waals surface area contributed by atoms with E-state index in [1.54, 1.807) is 0 Å².